The SMILES string of the molecule is COc1cc(O)c2c(c1C)C(=O)OC[C@H](NC(C)=O)C(=O)N[C@@H](C(=O)NCCC(=O)O)CSC2. The third kappa shape index (κ3) is 7.01. The summed E-state index contributed by atoms with van der Waals surface area (Å²) >= 11 is 1.15. The van der Waals surface area contributed by atoms with Crippen LogP contribution in [0.2, 0.25) is 0 Å². The van der Waals surface area contributed by atoms with E-state index in [1.807, 2.05) is 0 Å². The molecule has 5 N–H and O–H groups in total. The van der Waals surface area contributed by atoms with Crippen LogP contribution in [-0.2, 0) is 29.7 Å². The molecule has 1 aliphatic heterocycles. The summed E-state index contributed by atoms with van der Waals surface area (Å²) in [5.41, 5.74) is 0.747. The summed E-state index contributed by atoms with van der Waals surface area (Å²) in [6, 6.07) is -1.00. The first-order valence-corrected chi connectivity index (χ1v) is 11.4. The Bertz CT molecular complexity index is 983. The normalized spacial score (nSPS) is 18.8. The maximum absolute atomic E-state index is 12.9. The molecule has 0 radical (unpaired) electrons. The highest BCUT2D eigenvalue weighted by molar-refractivity contribution is 7.98. The molecule has 1 aliphatic rings. The van der Waals surface area contributed by atoms with Gasteiger partial charge in [0.1, 0.15) is 30.2 Å². The lowest BCUT2D eigenvalue weighted by atomic mass is 10.0. The number of fused-ring (bicyclic) bond motifs is 1. The van der Waals surface area contributed by atoms with Crippen molar-refractivity contribution >= 4 is 41.4 Å². The van der Waals surface area contributed by atoms with Crippen LogP contribution in [0, 0.1) is 6.92 Å². The van der Waals surface area contributed by atoms with E-state index in [-0.39, 0.29) is 47.1 Å². The molecule has 1 aromatic rings. The van der Waals surface area contributed by atoms with Crippen LogP contribution >= 0.6 is 11.8 Å². The number of methoxy groups -OCH3 is 1. The second-order valence-electron chi connectivity index (χ2n) is 7.44. The lowest BCUT2D eigenvalue weighted by molar-refractivity contribution is -0.137. The number of hydrogen-bond acceptors (Lipinski definition) is 9. The summed E-state index contributed by atoms with van der Waals surface area (Å²) in [7, 11) is 1.38. The van der Waals surface area contributed by atoms with Crippen molar-refractivity contribution < 1.29 is 43.7 Å². The van der Waals surface area contributed by atoms with Gasteiger partial charge in [-0.2, -0.15) is 11.8 Å². The zero-order chi connectivity index (χ0) is 25.4. The number of phenolic OH excluding ortho intramolecular Hbond substituents is 1. The molecule has 0 unspecified atom stereocenters. The predicted molar refractivity (Wildman–Crippen MR) is 121 cm³/mol. The molecule has 186 valence electrons. The molecular formula is C21H27N3O9S. The lowest BCUT2D eigenvalue weighted by Crippen LogP contribution is -2.56. The number of thioether (sulfide) groups is 1. The number of hydrogen-bond donors (Lipinski definition) is 5. The zero-order valence-electron chi connectivity index (χ0n) is 18.9. The van der Waals surface area contributed by atoms with Gasteiger partial charge in [0.25, 0.3) is 0 Å². The van der Waals surface area contributed by atoms with Crippen molar-refractivity contribution in [2.24, 2.45) is 0 Å². The average Bonchev–Trinajstić information content (AvgIpc) is 2.76. The molecule has 0 fully saturated rings. The monoisotopic (exact) mass is 497 g/mol. The standard InChI is InChI=1S/C21H27N3O9S/c1-10-16(32-3)6-15(26)12-8-34-9-14(19(29)22-5-4-17(27)28)24-20(30)13(23-11(2)25)7-33-21(31)18(10)12/h6,13-14,26H,4-5,7-9H2,1-3H3,(H,22,29)(H,23,25)(H,24,30)(H,27,28)/t13-,14+/m0/s1. The molecule has 0 spiro atoms. The number of carboxylic acid groups (broad SMARTS) is 1. The molecule has 2 atom stereocenters. The first-order valence-electron chi connectivity index (χ1n) is 10.3. The molecule has 12 nitrogen and oxygen atoms in total. The summed E-state index contributed by atoms with van der Waals surface area (Å²) in [5.74, 6) is -3.64. The number of aromatic hydroxyl groups is 1. The highest BCUT2D eigenvalue weighted by Crippen LogP contribution is 2.35. The smallest absolute Gasteiger partial charge is 0.339 e. The number of amides is 3. The van der Waals surface area contributed by atoms with Crippen molar-refractivity contribution in [3.05, 3.63) is 22.8 Å². The fourth-order valence-corrected chi connectivity index (χ4v) is 4.33. The van der Waals surface area contributed by atoms with E-state index in [1.165, 1.54) is 20.1 Å². The molecule has 1 heterocycles. The lowest BCUT2D eigenvalue weighted by Gasteiger charge is -2.24. The molecule has 34 heavy (non-hydrogen) atoms. The summed E-state index contributed by atoms with van der Waals surface area (Å²) in [6.07, 6.45) is -0.299. The molecule has 0 aromatic heterocycles. The van der Waals surface area contributed by atoms with E-state index < -0.39 is 48.4 Å². The maximum Gasteiger partial charge on any atom is 0.339 e. The van der Waals surface area contributed by atoms with Gasteiger partial charge >= 0.3 is 11.9 Å². The summed E-state index contributed by atoms with van der Waals surface area (Å²) in [6.45, 7) is 2.13. The Balaban J connectivity index is 2.40. The minimum Gasteiger partial charge on any atom is -0.507 e. The number of phenols is 1. The molecule has 1 aromatic carbocycles. The van der Waals surface area contributed by atoms with Crippen LogP contribution in [0.1, 0.15) is 34.8 Å². The highest BCUT2D eigenvalue weighted by Gasteiger charge is 2.30. The first kappa shape index (κ1) is 26.8. The third-order valence-electron chi connectivity index (χ3n) is 4.92. The Morgan fingerprint density at radius 2 is 2.03 bits per heavy atom. The summed E-state index contributed by atoms with van der Waals surface area (Å²) in [5, 5.41) is 26.6. The van der Waals surface area contributed by atoms with Crippen LogP contribution in [0.4, 0.5) is 0 Å². The van der Waals surface area contributed by atoms with Gasteiger partial charge in [-0.25, -0.2) is 4.79 Å². The zero-order valence-corrected chi connectivity index (χ0v) is 19.7. The van der Waals surface area contributed by atoms with Gasteiger partial charge in [-0.15, -0.1) is 0 Å². The number of esters is 1. The number of cyclic esters (lactones) is 1. The largest absolute Gasteiger partial charge is 0.507 e. The van der Waals surface area contributed by atoms with Crippen LogP contribution in [0.3, 0.4) is 0 Å². The minimum atomic E-state index is -1.29. The van der Waals surface area contributed by atoms with Crippen molar-refractivity contribution in [3.63, 3.8) is 0 Å². The van der Waals surface area contributed by atoms with E-state index in [0.717, 1.165) is 11.8 Å². The van der Waals surface area contributed by atoms with Crippen molar-refractivity contribution in [2.45, 2.75) is 38.1 Å². The van der Waals surface area contributed by atoms with Crippen molar-refractivity contribution in [1.29, 1.82) is 0 Å². The van der Waals surface area contributed by atoms with E-state index in [1.54, 1.807) is 6.92 Å². The molecule has 0 saturated carbocycles. The number of nitrogens with one attached hydrogen (secondary N) is 3. The Labute approximate surface area is 199 Å². The Morgan fingerprint density at radius 3 is 2.65 bits per heavy atom. The van der Waals surface area contributed by atoms with E-state index in [2.05, 4.69) is 16.0 Å². The third-order valence-corrected chi connectivity index (χ3v) is 5.99. The van der Waals surface area contributed by atoms with Crippen molar-refractivity contribution in [1.82, 2.24) is 16.0 Å². The fourth-order valence-electron chi connectivity index (χ4n) is 3.24. The number of carboxylic acids is 1. The number of benzene rings is 1. The average molecular weight is 498 g/mol. The van der Waals surface area contributed by atoms with E-state index >= 15 is 0 Å². The van der Waals surface area contributed by atoms with E-state index in [4.69, 9.17) is 14.6 Å². The van der Waals surface area contributed by atoms with Crippen molar-refractivity contribution in [3.8, 4) is 11.5 Å². The topological polar surface area (TPSA) is 180 Å². The fraction of sp³-hybridized carbons (Fsp3) is 0.476. The maximum atomic E-state index is 12.9. The first-order chi connectivity index (χ1) is 16.0. The van der Waals surface area contributed by atoms with E-state index in [0.29, 0.717) is 5.56 Å². The number of carbonyl (C=O) groups excluding carboxylic acids is 4. The molecule has 2 rings (SSSR count). The Kier molecular flexibility index (Phi) is 9.54. The van der Waals surface area contributed by atoms with Crippen molar-refractivity contribution in [2.75, 3.05) is 26.0 Å². The van der Waals surface area contributed by atoms with Gasteiger partial charge in [0.15, 0.2) is 0 Å². The molecule has 0 aliphatic carbocycles. The molecular weight excluding hydrogens is 470 g/mol. The number of aliphatic carboxylic acids is 1. The second kappa shape index (κ2) is 12.1. The van der Waals surface area contributed by atoms with E-state index in [9.17, 15) is 29.1 Å². The highest BCUT2D eigenvalue weighted by atomic mass is 32.2. The van der Waals surface area contributed by atoms with Crippen LogP contribution in [0.25, 0.3) is 0 Å². The molecule has 0 bridgehead atoms. The molecule has 13 heteroatoms. The van der Waals surface area contributed by atoms with Crippen LogP contribution in [-0.4, -0.2) is 78.0 Å². The van der Waals surface area contributed by atoms with Crippen LogP contribution < -0.4 is 20.7 Å². The Hall–Kier alpha value is -3.48. The van der Waals surface area contributed by atoms with Gasteiger partial charge in [0, 0.05) is 42.2 Å². The number of rotatable bonds is 6. The van der Waals surface area contributed by atoms with Gasteiger partial charge in [-0.1, -0.05) is 0 Å². The van der Waals surface area contributed by atoms with Gasteiger partial charge < -0.3 is 35.6 Å². The van der Waals surface area contributed by atoms with Crippen LogP contribution in [0.15, 0.2) is 6.07 Å². The summed E-state index contributed by atoms with van der Waals surface area (Å²) in [4.78, 5) is 60.6. The van der Waals surface area contributed by atoms with Gasteiger partial charge in [-0.3, -0.25) is 19.2 Å². The molecule has 0 saturated heterocycles. The van der Waals surface area contributed by atoms with Gasteiger partial charge in [0.05, 0.1) is 19.1 Å². The molecule has 3 amide bonds. The number of ether oxygens (including phenoxy) is 2. The Morgan fingerprint density at radius 1 is 1.32 bits per heavy atom. The second-order valence-corrected chi connectivity index (χ2v) is 8.47. The quantitative estimate of drug-likeness (QED) is 0.327. The minimum absolute atomic E-state index is 0.0381. The number of carbonyl (C=O) groups is 5. The van der Waals surface area contributed by atoms with Gasteiger partial charge in [0.2, 0.25) is 17.7 Å². The van der Waals surface area contributed by atoms with Crippen LogP contribution in [0.5, 0.6) is 11.5 Å². The van der Waals surface area contributed by atoms with Gasteiger partial charge in [-0.05, 0) is 6.92 Å². The summed E-state index contributed by atoms with van der Waals surface area (Å²) < 4.78 is 10.5. The predicted octanol–water partition coefficient (Wildman–Crippen LogP) is -0.307.